The monoisotopic (exact) mass is 568 g/mol. The Kier molecular flexibility index (Phi) is 6.31. The van der Waals surface area contributed by atoms with Crippen molar-refractivity contribution in [3.8, 4) is 0 Å². The van der Waals surface area contributed by atoms with Crippen LogP contribution in [0.2, 0.25) is 5.02 Å². The average Bonchev–Trinajstić information content (AvgIpc) is 3.35. The summed E-state index contributed by atoms with van der Waals surface area (Å²) < 4.78 is 69.2. The van der Waals surface area contributed by atoms with Crippen molar-refractivity contribution in [2.75, 3.05) is 5.32 Å². The van der Waals surface area contributed by atoms with E-state index >= 15 is 0 Å². The highest BCUT2D eigenvalue weighted by atomic mass is 35.5. The van der Waals surface area contributed by atoms with Crippen LogP contribution in [0.25, 0.3) is 10.9 Å². The van der Waals surface area contributed by atoms with Crippen molar-refractivity contribution in [2.24, 2.45) is 7.05 Å². The van der Waals surface area contributed by atoms with E-state index in [4.69, 9.17) is 23.2 Å². The Hall–Kier alpha value is -3.70. The Morgan fingerprint density at radius 3 is 2.55 bits per heavy atom. The second-order valence-electron chi connectivity index (χ2n) is 8.57. The number of nitrogens with zero attached hydrogens (tertiary/aromatic N) is 2. The molecule has 2 N–H and O–H groups in total. The minimum atomic E-state index is -4.89. The fourth-order valence-corrected chi connectivity index (χ4v) is 5.05. The average molecular weight is 569 g/mol. The van der Waals surface area contributed by atoms with Crippen molar-refractivity contribution < 1.29 is 31.5 Å². The fraction of sp³-hybridized carbons (Fsp3) is 0.160. The number of amides is 2. The zero-order chi connectivity index (χ0) is 27.5. The highest BCUT2D eigenvalue weighted by Gasteiger charge is 2.38. The number of carbonyl (C=O) groups is 2. The molecular formula is C25H15Cl2F5N4O2. The molecule has 0 radical (unpaired) electrons. The molecule has 0 spiro atoms. The van der Waals surface area contributed by atoms with E-state index in [0.717, 1.165) is 12.1 Å². The van der Waals surface area contributed by atoms with Crippen LogP contribution < -0.4 is 10.6 Å². The van der Waals surface area contributed by atoms with E-state index in [2.05, 4.69) is 15.7 Å². The SMILES string of the molecule is Cn1nc2c3c(c(NC(=O)c4cc(F)cc(C(F)(F)F)c4)cc2c1CCl)C(c1cc(F)ccc1Cl)NC3=O. The van der Waals surface area contributed by atoms with Gasteiger partial charge in [0.25, 0.3) is 11.8 Å². The van der Waals surface area contributed by atoms with Gasteiger partial charge in [0.1, 0.15) is 17.2 Å². The van der Waals surface area contributed by atoms with Gasteiger partial charge in [-0.1, -0.05) is 11.6 Å². The Morgan fingerprint density at radius 2 is 1.87 bits per heavy atom. The number of anilines is 1. The Balaban J connectivity index is 1.71. The van der Waals surface area contributed by atoms with Crippen LogP contribution in [-0.4, -0.2) is 21.6 Å². The number of benzene rings is 3. The van der Waals surface area contributed by atoms with Gasteiger partial charge in [-0.2, -0.15) is 18.3 Å². The van der Waals surface area contributed by atoms with Crippen LogP contribution >= 0.6 is 23.2 Å². The predicted molar refractivity (Wildman–Crippen MR) is 130 cm³/mol. The van der Waals surface area contributed by atoms with E-state index in [0.29, 0.717) is 23.2 Å². The summed E-state index contributed by atoms with van der Waals surface area (Å²) in [6, 6.07) is 5.39. The number of rotatable bonds is 4. The van der Waals surface area contributed by atoms with Crippen LogP contribution in [0.15, 0.2) is 42.5 Å². The van der Waals surface area contributed by atoms with Gasteiger partial charge in [0, 0.05) is 39.8 Å². The van der Waals surface area contributed by atoms with Crippen molar-refractivity contribution >= 4 is 51.6 Å². The molecule has 2 amide bonds. The summed E-state index contributed by atoms with van der Waals surface area (Å²) in [5, 5.41) is 10.1. The predicted octanol–water partition coefficient (Wildman–Crippen LogP) is 6.35. The first-order chi connectivity index (χ1) is 17.9. The van der Waals surface area contributed by atoms with E-state index in [1.165, 1.54) is 16.8 Å². The number of hydrogen-bond donors (Lipinski definition) is 2. The smallest absolute Gasteiger partial charge is 0.341 e. The lowest BCUT2D eigenvalue weighted by Gasteiger charge is -2.18. The van der Waals surface area contributed by atoms with Crippen molar-refractivity contribution in [3.05, 3.63) is 92.6 Å². The molecule has 13 heteroatoms. The molecule has 0 fully saturated rings. The van der Waals surface area contributed by atoms with Gasteiger partial charge in [0.15, 0.2) is 0 Å². The van der Waals surface area contributed by atoms with E-state index in [1.807, 2.05) is 0 Å². The van der Waals surface area contributed by atoms with Crippen molar-refractivity contribution in [1.82, 2.24) is 15.1 Å². The molecule has 0 saturated heterocycles. The third kappa shape index (κ3) is 4.35. The summed E-state index contributed by atoms with van der Waals surface area (Å²) in [5.41, 5.74) is -0.835. The first-order valence-electron chi connectivity index (χ1n) is 10.9. The van der Waals surface area contributed by atoms with Crippen molar-refractivity contribution in [3.63, 3.8) is 0 Å². The molecule has 1 atom stereocenters. The van der Waals surface area contributed by atoms with Gasteiger partial charge in [0.2, 0.25) is 0 Å². The van der Waals surface area contributed by atoms with Gasteiger partial charge in [-0.3, -0.25) is 14.3 Å². The molecule has 5 rings (SSSR count). The van der Waals surface area contributed by atoms with Crippen LogP contribution in [0, 0.1) is 11.6 Å². The molecule has 0 saturated carbocycles. The Morgan fingerprint density at radius 1 is 1.13 bits per heavy atom. The van der Waals surface area contributed by atoms with Gasteiger partial charge in [-0.15, -0.1) is 11.6 Å². The van der Waals surface area contributed by atoms with E-state index in [-0.39, 0.29) is 44.9 Å². The zero-order valence-corrected chi connectivity index (χ0v) is 20.7. The maximum absolute atomic E-state index is 14.1. The summed E-state index contributed by atoms with van der Waals surface area (Å²) in [6.45, 7) is 0. The van der Waals surface area contributed by atoms with Crippen LogP contribution in [0.1, 0.15) is 49.1 Å². The number of hydrogen-bond acceptors (Lipinski definition) is 3. The molecule has 3 aromatic carbocycles. The highest BCUT2D eigenvalue weighted by molar-refractivity contribution is 6.31. The Bertz CT molecular complexity index is 1650. The van der Waals surface area contributed by atoms with E-state index in [9.17, 15) is 31.5 Å². The second kappa shape index (κ2) is 9.25. The summed E-state index contributed by atoms with van der Waals surface area (Å²) in [7, 11) is 1.60. The molecule has 4 aromatic rings. The first-order valence-corrected chi connectivity index (χ1v) is 11.8. The zero-order valence-electron chi connectivity index (χ0n) is 19.2. The maximum Gasteiger partial charge on any atom is 0.416 e. The number of nitrogens with one attached hydrogen (secondary N) is 2. The largest absolute Gasteiger partial charge is 0.416 e. The normalized spacial score (nSPS) is 15.1. The van der Waals surface area contributed by atoms with E-state index in [1.54, 1.807) is 7.05 Å². The molecule has 1 unspecified atom stereocenters. The molecule has 1 aliphatic heterocycles. The molecule has 6 nitrogen and oxygen atoms in total. The van der Waals surface area contributed by atoms with Crippen molar-refractivity contribution in [2.45, 2.75) is 18.1 Å². The lowest BCUT2D eigenvalue weighted by molar-refractivity contribution is -0.137. The number of carbonyl (C=O) groups excluding carboxylic acids is 2. The van der Waals surface area contributed by atoms with E-state index < -0.39 is 46.8 Å². The summed E-state index contributed by atoms with van der Waals surface area (Å²) in [4.78, 5) is 26.3. The molecule has 2 heterocycles. The number of fused-ring (bicyclic) bond motifs is 3. The maximum atomic E-state index is 14.1. The van der Waals surface area contributed by atoms with Gasteiger partial charge < -0.3 is 10.6 Å². The minimum Gasteiger partial charge on any atom is -0.341 e. The minimum absolute atomic E-state index is 0.00151. The molecule has 0 bridgehead atoms. The molecule has 196 valence electrons. The van der Waals surface area contributed by atoms with Crippen molar-refractivity contribution in [1.29, 1.82) is 0 Å². The van der Waals surface area contributed by atoms with Gasteiger partial charge in [-0.05, 0) is 42.5 Å². The number of aromatic nitrogens is 2. The molecule has 1 aliphatic rings. The van der Waals surface area contributed by atoms with Crippen LogP contribution in [0.3, 0.4) is 0 Å². The summed E-state index contributed by atoms with van der Waals surface area (Å²) in [5.74, 6) is -3.59. The Labute approximate surface area is 221 Å². The third-order valence-corrected chi connectivity index (χ3v) is 6.81. The standard InChI is InChI=1S/C25H15Cl2F5N4O2/c1-36-18(9-26)15-8-17(33-23(37)10-4-11(25(30,31)32)6-13(29)5-10)19-20(22(15)35-36)24(38)34-21(19)14-7-12(28)2-3-16(14)27/h2-8,21H,9H2,1H3,(H,33,37)(H,34,38). The molecule has 38 heavy (non-hydrogen) atoms. The highest BCUT2D eigenvalue weighted by Crippen LogP contribution is 2.43. The van der Waals surface area contributed by atoms with Crippen LogP contribution in [0.5, 0.6) is 0 Å². The van der Waals surface area contributed by atoms with Gasteiger partial charge >= 0.3 is 6.18 Å². The fourth-order valence-electron chi connectivity index (χ4n) is 4.51. The third-order valence-electron chi connectivity index (χ3n) is 6.21. The van der Waals surface area contributed by atoms with Crippen LogP contribution in [0.4, 0.5) is 27.6 Å². The molecular weight excluding hydrogens is 554 g/mol. The first kappa shape index (κ1) is 25.9. The molecule has 1 aromatic heterocycles. The summed E-state index contributed by atoms with van der Waals surface area (Å²) >= 11 is 12.4. The lowest BCUT2D eigenvalue weighted by Crippen LogP contribution is -2.21. The number of alkyl halides is 4. The topological polar surface area (TPSA) is 76.0 Å². The number of aryl methyl sites for hydroxylation is 1. The molecule has 0 aliphatic carbocycles. The quantitative estimate of drug-likeness (QED) is 0.222. The van der Waals surface area contributed by atoms with Gasteiger partial charge in [-0.25, -0.2) is 8.78 Å². The second-order valence-corrected chi connectivity index (χ2v) is 9.24. The lowest BCUT2D eigenvalue weighted by atomic mass is 9.94. The van der Waals surface area contributed by atoms with Crippen LogP contribution in [-0.2, 0) is 19.1 Å². The summed E-state index contributed by atoms with van der Waals surface area (Å²) in [6.07, 6.45) is -4.89. The van der Waals surface area contributed by atoms with Gasteiger partial charge in [0.05, 0.1) is 28.7 Å². The number of halogens is 7.